The fourth-order valence-electron chi connectivity index (χ4n) is 2.66. The van der Waals surface area contributed by atoms with Crippen molar-refractivity contribution in [1.82, 2.24) is 5.32 Å². The van der Waals surface area contributed by atoms with Crippen LogP contribution in [0.3, 0.4) is 0 Å². The molecule has 23 heavy (non-hydrogen) atoms. The molecular formula is C17H26N3O3+. The molecule has 6 nitrogen and oxygen atoms in total. The van der Waals surface area contributed by atoms with Gasteiger partial charge in [-0.05, 0) is 18.1 Å². The molecule has 1 aromatic carbocycles. The fraction of sp³-hybridized carbons (Fsp3) is 0.529. The van der Waals surface area contributed by atoms with E-state index >= 15 is 0 Å². The summed E-state index contributed by atoms with van der Waals surface area (Å²) in [6.07, 6.45) is 1.67. The molecule has 1 saturated heterocycles. The van der Waals surface area contributed by atoms with Crippen LogP contribution in [-0.4, -0.2) is 51.2 Å². The SMILES string of the molecule is CCc1ccccc1NC(=O)C(=O)NCCC[NH+]1CCOCC1. The number of benzene rings is 1. The van der Waals surface area contributed by atoms with Crippen molar-refractivity contribution in [2.45, 2.75) is 19.8 Å². The largest absolute Gasteiger partial charge is 0.370 e. The van der Waals surface area contributed by atoms with E-state index in [0.717, 1.165) is 51.3 Å². The standard InChI is InChI=1S/C17H25N3O3/c1-2-14-6-3-4-7-15(14)19-17(22)16(21)18-8-5-9-20-10-12-23-13-11-20/h3-4,6-7H,2,5,8-13H2,1H3,(H,18,21)(H,19,22)/p+1. The lowest BCUT2D eigenvalue weighted by Crippen LogP contribution is -3.14. The van der Waals surface area contributed by atoms with Gasteiger partial charge in [-0.15, -0.1) is 0 Å². The van der Waals surface area contributed by atoms with Crippen molar-refractivity contribution in [3.63, 3.8) is 0 Å². The number of aryl methyl sites for hydroxylation is 1. The first-order valence-electron chi connectivity index (χ1n) is 8.29. The normalized spacial score (nSPS) is 15.2. The average molecular weight is 320 g/mol. The van der Waals surface area contributed by atoms with Crippen molar-refractivity contribution in [2.75, 3.05) is 44.7 Å². The molecule has 1 aliphatic rings. The van der Waals surface area contributed by atoms with Gasteiger partial charge in [0, 0.05) is 18.7 Å². The van der Waals surface area contributed by atoms with Gasteiger partial charge in [-0.1, -0.05) is 25.1 Å². The van der Waals surface area contributed by atoms with Gasteiger partial charge < -0.3 is 20.3 Å². The summed E-state index contributed by atoms with van der Waals surface area (Å²) < 4.78 is 5.31. The summed E-state index contributed by atoms with van der Waals surface area (Å²) in [5, 5.41) is 5.36. The third-order valence-electron chi connectivity index (χ3n) is 4.05. The maximum absolute atomic E-state index is 11.9. The van der Waals surface area contributed by atoms with Crippen LogP contribution < -0.4 is 15.5 Å². The van der Waals surface area contributed by atoms with Gasteiger partial charge >= 0.3 is 11.8 Å². The van der Waals surface area contributed by atoms with E-state index < -0.39 is 11.8 Å². The number of morpholine rings is 1. The van der Waals surface area contributed by atoms with Gasteiger partial charge in [0.1, 0.15) is 13.1 Å². The second kappa shape index (κ2) is 9.27. The van der Waals surface area contributed by atoms with E-state index in [-0.39, 0.29) is 0 Å². The third-order valence-corrected chi connectivity index (χ3v) is 4.05. The molecule has 2 rings (SSSR count). The number of amides is 2. The van der Waals surface area contributed by atoms with Gasteiger partial charge in [0.05, 0.1) is 19.8 Å². The molecule has 3 N–H and O–H groups in total. The van der Waals surface area contributed by atoms with Crippen LogP contribution in [0.5, 0.6) is 0 Å². The second-order valence-corrected chi connectivity index (χ2v) is 5.69. The molecule has 0 radical (unpaired) electrons. The summed E-state index contributed by atoms with van der Waals surface area (Å²) in [5.41, 5.74) is 1.72. The summed E-state index contributed by atoms with van der Waals surface area (Å²) in [6.45, 7) is 7.17. The van der Waals surface area contributed by atoms with Crippen LogP contribution >= 0.6 is 0 Å². The van der Waals surface area contributed by atoms with Gasteiger partial charge in [0.25, 0.3) is 0 Å². The molecule has 2 amide bonds. The molecule has 0 atom stereocenters. The van der Waals surface area contributed by atoms with E-state index in [4.69, 9.17) is 4.74 Å². The predicted molar refractivity (Wildman–Crippen MR) is 88.5 cm³/mol. The Bertz CT molecular complexity index is 528. The van der Waals surface area contributed by atoms with Gasteiger partial charge in [-0.25, -0.2) is 0 Å². The van der Waals surface area contributed by atoms with Crippen molar-refractivity contribution in [2.24, 2.45) is 0 Å². The zero-order chi connectivity index (χ0) is 16.5. The highest BCUT2D eigenvalue weighted by Gasteiger charge is 2.16. The van der Waals surface area contributed by atoms with Gasteiger partial charge in [-0.3, -0.25) is 9.59 Å². The monoisotopic (exact) mass is 320 g/mol. The number of hydrogen-bond acceptors (Lipinski definition) is 3. The number of quaternary nitrogens is 1. The first-order chi connectivity index (χ1) is 11.2. The Morgan fingerprint density at radius 3 is 2.65 bits per heavy atom. The van der Waals surface area contributed by atoms with Crippen molar-refractivity contribution in [3.8, 4) is 0 Å². The summed E-state index contributed by atoms with van der Waals surface area (Å²) in [7, 11) is 0. The van der Waals surface area contributed by atoms with Crippen molar-refractivity contribution < 1.29 is 19.2 Å². The molecular weight excluding hydrogens is 294 g/mol. The molecule has 0 unspecified atom stereocenters. The first-order valence-corrected chi connectivity index (χ1v) is 8.29. The molecule has 0 spiro atoms. The highest BCUT2D eigenvalue weighted by Crippen LogP contribution is 2.14. The van der Waals surface area contributed by atoms with Crippen molar-refractivity contribution in [3.05, 3.63) is 29.8 Å². The lowest BCUT2D eigenvalue weighted by molar-refractivity contribution is -0.908. The number of ether oxygens (including phenoxy) is 1. The zero-order valence-corrected chi connectivity index (χ0v) is 13.7. The minimum absolute atomic E-state index is 0.520. The van der Waals surface area contributed by atoms with E-state index in [9.17, 15) is 9.59 Å². The van der Waals surface area contributed by atoms with Crippen molar-refractivity contribution >= 4 is 17.5 Å². The van der Waals surface area contributed by atoms with Gasteiger partial charge in [-0.2, -0.15) is 0 Å². The quantitative estimate of drug-likeness (QED) is 0.494. The molecule has 1 heterocycles. The average Bonchev–Trinajstić information content (AvgIpc) is 2.60. The number of carbonyl (C=O) groups excluding carboxylic acids is 2. The number of anilines is 1. The first kappa shape index (κ1) is 17.4. The third kappa shape index (κ3) is 5.65. The highest BCUT2D eigenvalue weighted by atomic mass is 16.5. The summed E-state index contributed by atoms with van der Waals surface area (Å²) in [6, 6.07) is 7.52. The molecule has 0 aromatic heterocycles. The number of para-hydroxylation sites is 1. The summed E-state index contributed by atoms with van der Waals surface area (Å²) >= 11 is 0. The lowest BCUT2D eigenvalue weighted by atomic mass is 10.1. The smallest absolute Gasteiger partial charge is 0.313 e. The Morgan fingerprint density at radius 1 is 1.17 bits per heavy atom. The number of nitrogens with one attached hydrogen (secondary N) is 3. The van der Waals surface area contributed by atoms with E-state index in [0.29, 0.717) is 12.2 Å². The van der Waals surface area contributed by atoms with E-state index in [1.54, 1.807) is 0 Å². The molecule has 0 saturated carbocycles. The maximum Gasteiger partial charge on any atom is 0.313 e. The van der Waals surface area contributed by atoms with E-state index in [2.05, 4.69) is 10.6 Å². The Balaban J connectivity index is 1.69. The molecule has 126 valence electrons. The molecule has 0 bridgehead atoms. The maximum atomic E-state index is 11.9. The van der Waals surface area contributed by atoms with Crippen LogP contribution in [0.1, 0.15) is 18.9 Å². The minimum atomic E-state index is -0.607. The number of hydrogen-bond donors (Lipinski definition) is 3. The van der Waals surface area contributed by atoms with Crippen molar-refractivity contribution in [1.29, 1.82) is 0 Å². The molecule has 0 aliphatic carbocycles. The Hall–Kier alpha value is -1.92. The van der Waals surface area contributed by atoms with E-state index in [1.807, 2.05) is 31.2 Å². The molecule has 1 aliphatic heterocycles. The summed E-state index contributed by atoms with van der Waals surface area (Å²) in [4.78, 5) is 25.3. The fourth-order valence-corrected chi connectivity index (χ4v) is 2.66. The van der Waals surface area contributed by atoms with Crippen LogP contribution in [0.25, 0.3) is 0 Å². The van der Waals surface area contributed by atoms with Gasteiger partial charge in [0.2, 0.25) is 0 Å². The van der Waals surface area contributed by atoms with Gasteiger partial charge in [0.15, 0.2) is 0 Å². The predicted octanol–water partition coefficient (Wildman–Crippen LogP) is -0.391. The lowest BCUT2D eigenvalue weighted by Gasteiger charge is -2.23. The number of rotatable bonds is 6. The van der Waals surface area contributed by atoms with E-state index in [1.165, 1.54) is 4.90 Å². The Labute approximate surface area is 137 Å². The zero-order valence-electron chi connectivity index (χ0n) is 13.7. The van der Waals surface area contributed by atoms with Crippen LogP contribution in [0.4, 0.5) is 5.69 Å². The summed E-state index contributed by atoms with van der Waals surface area (Å²) in [5.74, 6) is -1.18. The Kier molecular flexibility index (Phi) is 7.03. The highest BCUT2D eigenvalue weighted by molar-refractivity contribution is 6.39. The van der Waals surface area contributed by atoms with Crippen LogP contribution in [-0.2, 0) is 20.7 Å². The van der Waals surface area contributed by atoms with Crippen LogP contribution in [0.15, 0.2) is 24.3 Å². The Morgan fingerprint density at radius 2 is 1.91 bits per heavy atom. The van der Waals surface area contributed by atoms with Crippen LogP contribution in [0.2, 0.25) is 0 Å². The minimum Gasteiger partial charge on any atom is -0.370 e. The molecule has 1 aromatic rings. The molecule has 1 fully saturated rings. The topological polar surface area (TPSA) is 71.9 Å². The van der Waals surface area contributed by atoms with Crippen LogP contribution in [0, 0.1) is 0 Å². The molecule has 6 heteroatoms. The number of carbonyl (C=O) groups is 2. The second-order valence-electron chi connectivity index (χ2n) is 5.69.